The average Bonchev–Trinajstić information content (AvgIpc) is 2.65. The zero-order valence-electron chi connectivity index (χ0n) is 14.1. The molecule has 0 saturated heterocycles. The number of aromatic nitrogens is 3. The van der Waals surface area contributed by atoms with E-state index in [2.05, 4.69) is 66.6 Å². The molecule has 0 aromatic carbocycles. The maximum Gasteiger partial charge on any atom is 0.133 e. The van der Waals surface area contributed by atoms with Gasteiger partial charge in [-0.3, -0.25) is 0 Å². The molecule has 2 heterocycles. The van der Waals surface area contributed by atoms with Crippen molar-refractivity contribution in [3.8, 4) is 0 Å². The molecule has 0 amide bonds. The molecule has 2 aromatic heterocycles. The van der Waals surface area contributed by atoms with Gasteiger partial charge in [-0.2, -0.15) is 5.10 Å². The van der Waals surface area contributed by atoms with Crippen LogP contribution in [0.15, 0.2) is 12.3 Å². The second-order valence-corrected chi connectivity index (χ2v) is 7.98. The Hall–Kier alpha value is -1.38. The number of hydrogen-bond acceptors (Lipinski definition) is 2. The highest BCUT2D eigenvalue weighted by Crippen LogP contribution is 2.34. The molecular formula is C17H27N3. The molecule has 0 N–H and O–H groups in total. The molecule has 0 atom stereocenters. The van der Waals surface area contributed by atoms with E-state index in [9.17, 15) is 0 Å². The van der Waals surface area contributed by atoms with Gasteiger partial charge in [0, 0.05) is 17.5 Å². The summed E-state index contributed by atoms with van der Waals surface area (Å²) in [5.74, 6) is 1.41. The van der Waals surface area contributed by atoms with E-state index in [1.807, 2.05) is 10.7 Å². The van der Waals surface area contributed by atoms with Gasteiger partial charge in [0.05, 0.1) is 11.2 Å². The molecule has 0 saturated carbocycles. The van der Waals surface area contributed by atoms with Gasteiger partial charge in [-0.15, -0.1) is 0 Å². The van der Waals surface area contributed by atoms with Crippen molar-refractivity contribution in [3.05, 3.63) is 29.3 Å². The average molecular weight is 273 g/mol. The first-order valence-electron chi connectivity index (χ1n) is 7.42. The third-order valence-corrected chi connectivity index (χ3v) is 3.59. The van der Waals surface area contributed by atoms with Crippen molar-refractivity contribution < 1.29 is 0 Å². The first-order chi connectivity index (χ1) is 9.03. The fourth-order valence-electron chi connectivity index (χ4n) is 2.54. The summed E-state index contributed by atoms with van der Waals surface area (Å²) in [5, 5.41) is 4.56. The van der Waals surface area contributed by atoms with Crippen LogP contribution in [0.1, 0.15) is 78.4 Å². The molecule has 0 bridgehead atoms. The van der Waals surface area contributed by atoms with E-state index in [4.69, 9.17) is 4.98 Å². The number of imidazole rings is 1. The Balaban J connectivity index is 2.93. The minimum atomic E-state index is 0.0153. The van der Waals surface area contributed by atoms with Gasteiger partial charge in [0.1, 0.15) is 5.82 Å². The molecule has 3 nitrogen and oxygen atoms in total. The van der Waals surface area contributed by atoms with Crippen LogP contribution in [0.5, 0.6) is 0 Å². The first kappa shape index (κ1) is 15.0. The maximum absolute atomic E-state index is 4.93. The van der Waals surface area contributed by atoms with Crippen LogP contribution in [0.2, 0.25) is 0 Å². The van der Waals surface area contributed by atoms with Crippen LogP contribution in [-0.4, -0.2) is 14.6 Å². The number of hydrogen-bond donors (Lipinski definition) is 0. The van der Waals surface area contributed by atoms with Gasteiger partial charge < -0.3 is 0 Å². The molecule has 2 rings (SSSR count). The third kappa shape index (κ3) is 2.46. The van der Waals surface area contributed by atoms with Crippen LogP contribution >= 0.6 is 0 Å². The van der Waals surface area contributed by atoms with E-state index in [1.165, 1.54) is 11.1 Å². The van der Waals surface area contributed by atoms with Crippen molar-refractivity contribution in [2.24, 2.45) is 0 Å². The summed E-state index contributed by atoms with van der Waals surface area (Å²) in [6.45, 7) is 17.8. The topological polar surface area (TPSA) is 30.2 Å². The highest BCUT2D eigenvalue weighted by molar-refractivity contribution is 5.63. The molecule has 0 aliphatic carbocycles. The summed E-state index contributed by atoms with van der Waals surface area (Å²) in [4.78, 5) is 4.93. The van der Waals surface area contributed by atoms with Crippen LogP contribution < -0.4 is 0 Å². The van der Waals surface area contributed by atoms with Crippen molar-refractivity contribution in [2.75, 3.05) is 0 Å². The molecule has 0 spiro atoms. The smallest absolute Gasteiger partial charge is 0.133 e. The van der Waals surface area contributed by atoms with E-state index in [-0.39, 0.29) is 10.8 Å². The summed E-state index contributed by atoms with van der Waals surface area (Å²) < 4.78 is 2.05. The SMILES string of the molecule is CC(C)c1nc(C(C)(C)C)c2c(C(C)(C)C)ccnn12. The molecule has 3 heteroatoms. The number of nitrogens with zero attached hydrogens (tertiary/aromatic N) is 3. The lowest BCUT2D eigenvalue weighted by Gasteiger charge is -2.23. The summed E-state index contributed by atoms with van der Waals surface area (Å²) in [7, 11) is 0. The summed E-state index contributed by atoms with van der Waals surface area (Å²) in [6, 6.07) is 2.14. The Kier molecular flexibility index (Phi) is 3.43. The second kappa shape index (κ2) is 4.57. The van der Waals surface area contributed by atoms with Crippen molar-refractivity contribution in [3.63, 3.8) is 0 Å². The zero-order chi connectivity index (χ0) is 15.3. The summed E-state index contributed by atoms with van der Waals surface area (Å²) >= 11 is 0. The van der Waals surface area contributed by atoms with Crippen LogP contribution in [0, 0.1) is 0 Å². The minimum absolute atomic E-state index is 0.0153. The normalized spacial score (nSPS) is 13.4. The van der Waals surface area contributed by atoms with Crippen molar-refractivity contribution in [1.82, 2.24) is 14.6 Å². The predicted molar refractivity (Wildman–Crippen MR) is 84.5 cm³/mol. The van der Waals surface area contributed by atoms with Crippen LogP contribution in [0.4, 0.5) is 0 Å². The Bertz CT molecular complexity index is 622. The van der Waals surface area contributed by atoms with Gasteiger partial charge in [-0.25, -0.2) is 9.50 Å². The van der Waals surface area contributed by atoms with E-state index in [0.29, 0.717) is 5.92 Å². The highest BCUT2D eigenvalue weighted by Gasteiger charge is 2.29. The largest absolute Gasteiger partial charge is 0.235 e. The fraction of sp³-hybridized carbons (Fsp3) is 0.647. The Morgan fingerprint density at radius 1 is 1.00 bits per heavy atom. The highest BCUT2D eigenvalue weighted by atomic mass is 15.3. The van der Waals surface area contributed by atoms with Gasteiger partial charge in [-0.1, -0.05) is 55.4 Å². The summed E-state index contributed by atoms with van der Waals surface area (Å²) in [6.07, 6.45) is 1.90. The van der Waals surface area contributed by atoms with Crippen molar-refractivity contribution in [2.45, 2.75) is 72.1 Å². The minimum Gasteiger partial charge on any atom is -0.235 e. The van der Waals surface area contributed by atoms with Gasteiger partial charge in [0.25, 0.3) is 0 Å². The zero-order valence-corrected chi connectivity index (χ0v) is 14.1. The maximum atomic E-state index is 4.93. The lowest BCUT2D eigenvalue weighted by Crippen LogP contribution is -2.18. The van der Waals surface area contributed by atoms with Gasteiger partial charge in [0.2, 0.25) is 0 Å². The fourth-order valence-corrected chi connectivity index (χ4v) is 2.54. The van der Waals surface area contributed by atoms with E-state index >= 15 is 0 Å². The molecule has 0 aliphatic heterocycles. The van der Waals surface area contributed by atoms with Crippen LogP contribution in [-0.2, 0) is 10.8 Å². The third-order valence-electron chi connectivity index (χ3n) is 3.59. The molecular weight excluding hydrogens is 246 g/mol. The molecule has 110 valence electrons. The standard InChI is InChI=1S/C17H27N3/c1-11(2)15-19-14(17(6,7)8)13-12(16(3,4)5)9-10-18-20(13)15/h9-11H,1-8H3. The molecule has 2 aromatic rings. The monoisotopic (exact) mass is 273 g/mol. The first-order valence-corrected chi connectivity index (χ1v) is 7.42. The number of fused-ring (bicyclic) bond motifs is 1. The van der Waals surface area contributed by atoms with Gasteiger partial charge in [0.15, 0.2) is 0 Å². The van der Waals surface area contributed by atoms with Crippen molar-refractivity contribution in [1.29, 1.82) is 0 Å². The van der Waals surface area contributed by atoms with E-state index in [1.54, 1.807) is 0 Å². The second-order valence-electron chi connectivity index (χ2n) is 7.98. The van der Waals surface area contributed by atoms with Gasteiger partial charge >= 0.3 is 0 Å². The van der Waals surface area contributed by atoms with Gasteiger partial charge in [-0.05, 0) is 17.0 Å². The lowest BCUT2D eigenvalue weighted by atomic mass is 9.83. The Labute approximate surface area is 122 Å². The quantitative estimate of drug-likeness (QED) is 0.768. The Morgan fingerprint density at radius 3 is 2.05 bits per heavy atom. The van der Waals surface area contributed by atoms with Crippen LogP contribution in [0.25, 0.3) is 5.52 Å². The van der Waals surface area contributed by atoms with E-state index in [0.717, 1.165) is 11.5 Å². The molecule has 0 unspecified atom stereocenters. The van der Waals surface area contributed by atoms with Crippen LogP contribution in [0.3, 0.4) is 0 Å². The lowest BCUT2D eigenvalue weighted by molar-refractivity contribution is 0.566. The summed E-state index contributed by atoms with van der Waals surface area (Å²) in [5.41, 5.74) is 3.76. The molecule has 20 heavy (non-hydrogen) atoms. The molecule has 0 aliphatic rings. The number of rotatable bonds is 1. The molecule has 0 radical (unpaired) electrons. The van der Waals surface area contributed by atoms with E-state index < -0.39 is 0 Å². The van der Waals surface area contributed by atoms with Crippen molar-refractivity contribution >= 4 is 5.52 Å². The Morgan fingerprint density at radius 2 is 1.60 bits per heavy atom. The predicted octanol–water partition coefficient (Wildman–Crippen LogP) is 4.45. The molecule has 0 fully saturated rings.